The van der Waals surface area contributed by atoms with Crippen molar-refractivity contribution in [1.82, 2.24) is 0 Å². The lowest BCUT2D eigenvalue weighted by molar-refractivity contribution is -0.149. The van der Waals surface area contributed by atoms with Crippen molar-refractivity contribution < 1.29 is 14.7 Å². The zero-order valence-electron chi connectivity index (χ0n) is 12.0. The summed E-state index contributed by atoms with van der Waals surface area (Å²) in [5.74, 6) is -2.98. The van der Waals surface area contributed by atoms with Crippen molar-refractivity contribution in [2.45, 2.75) is 27.7 Å². The highest BCUT2D eigenvalue weighted by atomic mass is 16.4. The molecule has 0 bridgehead atoms. The molecule has 0 fully saturated rings. The van der Waals surface area contributed by atoms with Crippen LogP contribution >= 0.6 is 0 Å². The van der Waals surface area contributed by atoms with E-state index in [4.69, 9.17) is 5.26 Å². The van der Waals surface area contributed by atoms with Crippen LogP contribution in [0.25, 0.3) is 0 Å². The van der Waals surface area contributed by atoms with Crippen molar-refractivity contribution in [2.75, 3.05) is 5.32 Å². The minimum absolute atomic E-state index is 0.341. The Morgan fingerprint density at radius 3 is 2.40 bits per heavy atom. The number of carboxylic acids is 1. The number of aryl methyl sites for hydroxylation is 1. The third kappa shape index (κ3) is 3.35. The molecule has 0 aliphatic heterocycles. The molecule has 5 heteroatoms. The molecule has 0 aliphatic carbocycles. The number of nitriles is 1. The van der Waals surface area contributed by atoms with Gasteiger partial charge in [-0.3, -0.25) is 9.59 Å². The molecule has 0 aliphatic rings. The van der Waals surface area contributed by atoms with E-state index in [1.807, 2.05) is 6.07 Å². The number of aliphatic carboxylic acids is 1. The van der Waals surface area contributed by atoms with E-state index < -0.39 is 23.2 Å². The lowest BCUT2D eigenvalue weighted by atomic mass is 9.80. The fourth-order valence-electron chi connectivity index (χ4n) is 2.00. The molecule has 1 unspecified atom stereocenters. The summed E-state index contributed by atoms with van der Waals surface area (Å²) < 4.78 is 0. The number of amides is 1. The molecular weight excluding hydrogens is 256 g/mol. The summed E-state index contributed by atoms with van der Waals surface area (Å²) in [6.45, 7) is 6.82. The van der Waals surface area contributed by atoms with Gasteiger partial charge in [0.05, 0.1) is 11.3 Å². The Kier molecular flexibility index (Phi) is 4.51. The first-order chi connectivity index (χ1) is 9.18. The Morgan fingerprint density at radius 2 is 1.95 bits per heavy atom. The third-order valence-electron chi connectivity index (χ3n) is 3.02. The summed E-state index contributed by atoms with van der Waals surface area (Å²) in [5.41, 5.74) is 0.701. The molecule has 1 aromatic carbocycles. The highest BCUT2D eigenvalue weighted by molar-refractivity contribution is 6.05. The van der Waals surface area contributed by atoms with E-state index in [0.717, 1.165) is 5.56 Å². The molecule has 1 rings (SSSR count). The molecule has 5 nitrogen and oxygen atoms in total. The minimum atomic E-state index is -1.19. The van der Waals surface area contributed by atoms with Crippen LogP contribution in [0.2, 0.25) is 0 Å². The van der Waals surface area contributed by atoms with Crippen LogP contribution in [0.1, 0.15) is 31.9 Å². The molecule has 0 saturated carbocycles. The van der Waals surface area contributed by atoms with E-state index in [0.29, 0.717) is 11.3 Å². The molecule has 1 amide bonds. The Hall–Kier alpha value is -2.35. The average Bonchev–Trinajstić information content (AvgIpc) is 2.26. The van der Waals surface area contributed by atoms with E-state index >= 15 is 0 Å². The molecule has 0 radical (unpaired) electrons. The zero-order valence-corrected chi connectivity index (χ0v) is 12.0. The quantitative estimate of drug-likeness (QED) is 0.829. The molecule has 1 atom stereocenters. The van der Waals surface area contributed by atoms with Gasteiger partial charge in [0.25, 0.3) is 0 Å². The number of nitrogens with one attached hydrogen (secondary N) is 1. The van der Waals surface area contributed by atoms with Crippen molar-refractivity contribution in [2.24, 2.45) is 11.3 Å². The molecule has 0 saturated heterocycles. The summed E-state index contributed by atoms with van der Waals surface area (Å²) in [6, 6.07) is 7.07. The number of nitrogens with zero attached hydrogens (tertiary/aromatic N) is 1. The van der Waals surface area contributed by atoms with E-state index in [-0.39, 0.29) is 0 Å². The lowest BCUT2D eigenvalue weighted by Crippen LogP contribution is -2.39. The molecule has 0 heterocycles. The normalized spacial score (nSPS) is 12.3. The summed E-state index contributed by atoms with van der Waals surface area (Å²) >= 11 is 0. The van der Waals surface area contributed by atoms with E-state index in [1.165, 1.54) is 0 Å². The second-order valence-electron chi connectivity index (χ2n) is 5.74. The lowest BCUT2D eigenvalue weighted by Gasteiger charge is -2.26. The number of hydrogen-bond acceptors (Lipinski definition) is 3. The van der Waals surface area contributed by atoms with E-state index in [2.05, 4.69) is 5.32 Å². The summed E-state index contributed by atoms with van der Waals surface area (Å²) in [4.78, 5) is 23.5. The summed E-state index contributed by atoms with van der Waals surface area (Å²) in [6.07, 6.45) is 0. The smallest absolute Gasteiger partial charge is 0.316 e. The first kappa shape index (κ1) is 15.7. The molecule has 0 aromatic heterocycles. The molecule has 106 valence electrons. The van der Waals surface area contributed by atoms with Gasteiger partial charge in [0.15, 0.2) is 0 Å². The van der Waals surface area contributed by atoms with Gasteiger partial charge in [-0.25, -0.2) is 0 Å². The van der Waals surface area contributed by atoms with Crippen LogP contribution in [0.3, 0.4) is 0 Å². The predicted molar refractivity (Wildman–Crippen MR) is 75.1 cm³/mol. The fraction of sp³-hybridized carbons (Fsp3) is 0.400. The number of hydrogen-bond donors (Lipinski definition) is 2. The van der Waals surface area contributed by atoms with Crippen LogP contribution in [0.15, 0.2) is 18.2 Å². The maximum absolute atomic E-state index is 12.2. The van der Waals surface area contributed by atoms with Crippen molar-refractivity contribution >= 4 is 17.6 Å². The Morgan fingerprint density at radius 1 is 1.35 bits per heavy atom. The van der Waals surface area contributed by atoms with E-state index in [9.17, 15) is 14.7 Å². The molecule has 0 spiro atoms. The van der Waals surface area contributed by atoms with Crippen LogP contribution in [0.5, 0.6) is 0 Å². The minimum Gasteiger partial charge on any atom is -0.481 e. The third-order valence-corrected chi connectivity index (χ3v) is 3.02. The van der Waals surface area contributed by atoms with Gasteiger partial charge in [-0.2, -0.15) is 5.26 Å². The average molecular weight is 274 g/mol. The predicted octanol–water partition coefficient (Wildman–Crippen LogP) is 2.55. The number of anilines is 1. The second-order valence-corrected chi connectivity index (χ2v) is 5.74. The summed E-state index contributed by atoms with van der Waals surface area (Å²) in [5, 5.41) is 20.9. The standard InChI is InChI=1S/C15H18N2O3/c1-9-6-5-7-11(10(9)8-16)17-13(18)12(14(19)20)15(2,3)4/h5-7,12H,1-4H3,(H,17,18)(H,19,20). The Labute approximate surface area is 118 Å². The number of benzene rings is 1. The van der Waals surface area contributed by atoms with Gasteiger partial charge in [0, 0.05) is 0 Å². The highest BCUT2D eigenvalue weighted by Gasteiger charge is 2.37. The van der Waals surface area contributed by atoms with Gasteiger partial charge in [0.1, 0.15) is 12.0 Å². The fourth-order valence-corrected chi connectivity index (χ4v) is 2.00. The van der Waals surface area contributed by atoms with Gasteiger partial charge in [-0.1, -0.05) is 32.9 Å². The maximum Gasteiger partial charge on any atom is 0.316 e. The summed E-state index contributed by atoms with van der Waals surface area (Å²) in [7, 11) is 0. The van der Waals surface area contributed by atoms with Gasteiger partial charge < -0.3 is 10.4 Å². The van der Waals surface area contributed by atoms with Crippen LogP contribution in [-0.4, -0.2) is 17.0 Å². The Balaban J connectivity index is 3.11. The first-order valence-electron chi connectivity index (χ1n) is 6.22. The zero-order chi connectivity index (χ0) is 15.5. The highest BCUT2D eigenvalue weighted by Crippen LogP contribution is 2.28. The van der Waals surface area contributed by atoms with Crippen molar-refractivity contribution in [1.29, 1.82) is 5.26 Å². The Bertz CT molecular complexity index is 580. The van der Waals surface area contributed by atoms with Crippen LogP contribution < -0.4 is 5.32 Å². The molecule has 1 aromatic rings. The van der Waals surface area contributed by atoms with Gasteiger partial charge in [0.2, 0.25) is 5.91 Å². The molecular formula is C15H18N2O3. The number of carboxylic acid groups (broad SMARTS) is 1. The maximum atomic E-state index is 12.2. The van der Waals surface area contributed by atoms with Crippen LogP contribution in [-0.2, 0) is 9.59 Å². The van der Waals surface area contributed by atoms with Gasteiger partial charge >= 0.3 is 5.97 Å². The van der Waals surface area contributed by atoms with Gasteiger partial charge in [-0.05, 0) is 24.0 Å². The largest absolute Gasteiger partial charge is 0.481 e. The number of carbonyl (C=O) groups is 2. The first-order valence-corrected chi connectivity index (χ1v) is 6.22. The van der Waals surface area contributed by atoms with Crippen molar-refractivity contribution in [3.8, 4) is 6.07 Å². The van der Waals surface area contributed by atoms with Crippen molar-refractivity contribution in [3.05, 3.63) is 29.3 Å². The van der Waals surface area contributed by atoms with Crippen molar-refractivity contribution in [3.63, 3.8) is 0 Å². The van der Waals surface area contributed by atoms with Gasteiger partial charge in [-0.15, -0.1) is 0 Å². The SMILES string of the molecule is Cc1cccc(NC(=O)C(C(=O)O)C(C)(C)C)c1C#N. The molecule has 20 heavy (non-hydrogen) atoms. The van der Waals surface area contributed by atoms with E-state index in [1.54, 1.807) is 45.9 Å². The topological polar surface area (TPSA) is 90.2 Å². The monoisotopic (exact) mass is 274 g/mol. The van der Waals surface area contributed by atoms with Crippen LogP contribution in [0, 0.1) is 29.6 Å². The number of carbonyl (C=O) groups excluding carboxylic acids is 1. The molecule has 2 N–H and O–H groups in total. The second kappa shape index (κ2) is 5.74. The van der Waals surface area contributed by atoms with Crippen LogP contribution in [0.4, 0.5) is 5.69 Å². The number of rotatable bonds is 3.